The molecule has 1 aromatic rings. The molecule has 1 saturated carbocycles. The normalized spacial score (nSPS) is 18.3. The molecule has 0 unspecified atom stereocenters. The van der Waals surface area contributed by atoms with Crippen LogP contribution in [0.25, 0.3) is 0 Å². The lowest BCUT2D eigenvalue weighted by Gasteiger charge is -2.34. The SMILES string of the molecule is N#CC1(Sc2cccc(Br)c2)CCC1. The largest absolute Gasteiger partial charge is 0.197 e. The Hall–Kier alpha value is -0.460. The number of hydrogen-bond donors (Lipinski definition) is 0. The standard InChI is InChI=1S/C11H10BrNS/c12-9-3-1-4-10(7-9)14-11(8-13)5-2-6-11/h1,3-4,7H,2,5-6H2. The maximum Gasteiger partial charge on any atom is 0.107 e. The van der Waals surface area contributed by atoms with Crippen molar-refractivity contribution in [1.82, 2.24) is 0 Å². The van der Waals surface area contributed by atoms with Gasteiger partial charge >= 0.3 is 0 Å². The van der Waals surface area contributed by atoms with Crippen LogP contribution in [0.15, 0.2) is 33.6 Å². The van der Waals surface area contributed by atoms with E-state index in [1.54, 1.807) is 11.8 Å². The highest BCUT2D eigenvalue weighted by Gasteiger charge is 2.38. The van der Waals surface area contributed by atoms with Crippen molar-refractivity contribution in [2.24, 2.45) is 0 Å². The molecule has 0 spiro atoms. The lowest BCUT2D eigenvalue weighted by Crippen LogP contribution is -2.30. The summed E-state index contributed by atoms with van der Waals surface area (Å²) in [5.41, 5.74) is 0. The average molecular weight is 268 g/mol. The minimum Gasteiger partial charge on any atom is -0.197 e. The van der Waals surface area contributed by atoms with Crippen LogP contribution in [-0.4, -0.2) is 4.75 Å². The molecular weight excluding hydrogens is 258 g/mol. The maximum atomic E-state index is 9.08. The van der Waals surface area contributed by atoms with E-state index in [1.807, 2.05) is 12.1 Å². The molecule has 0 aliphatic heterocycles. The van der Waals surface area contributed by atoms with Crippen molar-refractivity contribution < 1.29 is 0 Å². The molecule has 0 radical (unpaired) electrons. The van der Waals surface area contributed by atoms with E-state index in [0.29, 0.717) is 0 Å². The Bertz CT molecular complexity index is 379. The van der Waals surface area contributed by atoms with E-state index in [0.717, 1.165) is 17.3 Å². The van der Waals surface area contributed by atoms with Crippen molar-refractivity contribution in [3.05, 3.63) is 28.7 Å². The van der Waals surface area contributed by atoms with Crippen LogP contribution < -0.4 is 0 Å². The number of nitriles is 1. The Labute approximate surface area is 96.6 Å². The first kappa shape index (κ1) is 10.1. The van der Waals surface area contributed by atoms with Gasteiger partial charge in [-0.05, 0) is 37.5 Å². The number of hydrogen-bond acceptors (Lipinski definition) is 2. The maximum absolute atomic E-state index is 9.08. The van der Waals surface area contributed by atoms with Crippen molar-refractivity contribution in [2.75, 3.05) is 0 Å². The van der Waals surface area contributed by atoms with Gasteiger partial charge in [-0.2, -0.15) is 5.26 Å². The number of benzene rings is 1. The van der Waals surface area contributed by atoms with Crippen molar-refractivity contribution in [1.29, 1.82) is 5.26 Å². The predicted molar refractivity (Wildman–Crippen MR) is 62.2 cm³/mol. The topological polar surface area (TPSA) is 23.8 Å². The molecule has 0 N–H and O–H groups in total. The molecule has 1 nitrogen and oxygen atoms in total. The first-order valence-corrected chi connectivity index (χ1v) is 6.21. The van der Waals surface area contributed by atoms with E-state index in [9.17, 15) is 0 Å². The van der Waals surface area contributed by atoms with Crippen molar-refractivity contribution in [3.63, 3.8) is 0 Å². The summed E-state index contributed by atoms with van der Waals surface area (Å²) < 4.78 is 0.941. The first-order chi connectivity index (χ1) is 6.74. The minimum atomic E-state index is -0.138. The average Bonchev–Trinajstić information content (AvgIpc) is 2.11. The van der Waals surface area contributed by atoms with Crippen molar-refractivity contribution >= 4 is 27.7 Å². The molecule has 0 atom stereocenters. The summed E-state index contributed by atoms with van der Waals surface area (Å²) in [5, 5.41) is 9.08. The van der Waals surface area contributed by atoms with Gasteiger partial charge in [0.05, 0.1) is 6.07 Å². The molecule has 72 valence electrons. The van der Waals surface area contributed by atoms with Crippen LogP contribution in [0.4, 0.5) is 0 Å². The van der Waals surface area contributed by atoms with E-state index >= 15 is 0 Å². The summed E-state index contributed by atoms with van der Waals surface area (Å²) in [6.45, 7) is 0. The molecule has 14 heavy (non-hydrogen) atoms. The second-order valence-electron chi connectivity index (χ2n) is 3.52. The third-order valence-corrected chi connectivity index (χ3v) is 4.35. The number of nitrogens with zero attached hydrogens (tertiary/aromatic N) is 1. The van der Waals surface area contributed by atoms with Crippen LogP contribution in [0.1, 0.15) is 19.3 Å². The van der Waals surface area contributed by atoms with E-state index < -0.39 is 0 Å². The second-order valence-corrected chi connectivity index (χ2v) is 5.89. The first-order valence-electron chi connectivity index (χ1n) is 4.60. The fraction of sp³-hybridized carbons (Fsp3) is 0.364. The Morgan fingerprint density at radius 1 is 1.43 bits per heavy atom. The van der Waals surface area contributed by atoms with Crippen LogP contribution in [-0.2, 0) is 0 Å². The monoisotopic (exact) mass is 267 g/mol. The van der Waals surface area contributed by atoms with Gasteiger partial charge < -0.3 is 0 Å². The van der Waals surface area contributed by atoms with Crippen molar-refractivity contribution in [3.8, 4) is 6.07 Å². The Morgan fingerprint density at radius 3 is 2.71 bits per heavy atom. The van der Waals surface area contributed by atoms with E-state index in [2.05, 4.69) is 34.1 Å². The van der Waals surface area contributed by atoms with E-state index in [-0.39, 0.29) is 4.75 Å². The van der Waals surface area contributed by atoms with Gasteiger partial charge in [-0.25, -0.2) is 0 Å². The summed E-state index contributed by atoms with van der Waals surface area (Å²) in [7, 11) is 0. The van der Waals surface area contributed by atoms with Gasteiger partial charge in [-0.3, -0.25) is 0 Å². The lowest BCUT2D eigenvalue weighted by molar-refractivity contribution is 0.440. The molecular formula is C11H10BrNS. The zero-order chi connectivity index (χ0) is 10.0. The minimum absolute atomic E-state index is 0.138. The molecule has 1 aromatic carbocycles. The Morgan fingerprint density at radius 2 is 2.21 bits per heavy atom. The summed E-state index contributed by atoms with van der Waals surface area (Å²) in [4.78, 5) is 1.18. The summed E-state index contributed by atoms with van der Waals surface area (Å²) in [6, 6.07) is 10.6. The molecule has 1 aliphatic carbocycles. The molecule has 2 rings (SSSR count). The molecule has 0 aromatic heterocycles. The zero-order valence-electron chi connectivity index (χ0n) is 7.66. The molecule has 3 heteroatoms. The molecule has 0 saturated heterocycles. The quantitative estimate of drug-likeness (QED) is 0.809. The fourth-order valence-electron chi connectivity index (χ4n) is 1.49. The van der Waals surface area contributed by atoms with Crippen LogP contribution in [0.5, 0.6) is 0 Å². The highest BCUT2D eigenvalue weighted by molar-refractivity contribution is 9.10. The number of rotatable bonds is 2. The predicted octanol–water partition coefficient (Wildman–Crippen LogP) is 3.99. The van der Waals surface area contributed by atoms with Gasteiger partial charge in [0.1, 0.15) is 4.75 Å². The van der Waals surface area contributed by atoms with Gasteiger partial charge in [-0.1, -0.05) is 22.0 Å². The summed E-state index contributed by atoms with van der Waals surface area (Å²) in [6.07, 6.45) is 3.25. The smallest absolute Gasteiger partial charge is 0.107 e. The molecule has 0 bridgehead atoms. The van der Waals surface area contributed by atoms with Gasteiger partial charge in [0.2, 0.25) is 0 Å². The van der Waals surface area contributed by atoms with Gasteiger partial charge in [0.15, 0.2) is 0 Å². The number of thioether (sulfide) groups is 1. The molecule has 0 heterocycles. The van der Waals surface area contributed by atoms with Crippen LogP contribution >= 0.6 is 27.7 Å². The van der Waals surface area contributed by atoms with Crippen LogP contribution in [0.2, 0.25) is 0 Å². The van der Waals surface area contributed by atoms with E-state index in [4.69, 9.17) is 5.26 Å². The van der Waals surface area contributed by atoms with Crippen LogP contribution in [0, 0.1) is 11.3 Å². The third-order valence-electron chi connectivity index (χ3n) is 2.47. The van der Waals surface area contributed by atoms with Gasteiger partial charge in [0.25, 0.3) is 0 Å². The van der Waals surface area contributed by atoms with Crippen LogP contribution in [0.3, 0.4) is 0 Å². The Balaban J connectivity index is 2.14. The highest BCUT2D eigenvalue weighted by atomic mass is 79.9. The number of halogens is 1. The third kappa shape index (κ3) is 1.97. The summed E-state index contributed by atoms with van der Waals surface area (Å²) in [5.74, 6) is 0. The molecule has 1 fully saturated rings. The van der Waals surface area contributed by atoms with Gasteiger partial charge in [-0.15, -0.1) is 11.8 Å². The fourth-order valence-corrected chi connectivity index (χ4v) is 3.36. The highest BCUT2D eigenvalue weighted by Crippen LogP contribution is 2.47. The lowest BCUT2D eigenvalue weighted by atomic mass is 9.86. The second kappa shape index (κ2) is 3.96. The molecule has 1 aliphatic rings. The van der Waals surface area contributed by atoms with E-state index in [1.165, 1.54) is 11.3 Å². The van der Waals surface area contributed by atoms with Crippen molar-refractivity contribution in [2.45, 2.75) is 28.9 Å². The summed E-state index contributed by atoms with van der Waals surface area (Å²) >= 11 is 5.14. The van der Waals surface area contributed by atoms with Gasteiger partial charge in [0, 0.05) is 9.37 Å². The molecule has 0 amide bonds. The zero-order valence-corrected chi connectivity index (χ0v) is 10.1. The Kier molecular flexibility index (Phi) is 2.85.